The summed E-state index contributed by atoms with van der Waals surface area (Å²) in [6, 6.07) is 10.7. The molecule has 0 saturated carbocycles. The molecular formula is C16H22N2OS. The summed E-state index contributed by atoms with van der Waals surface area (Å²) in [6.45, 7) is 2.12. The van der Waals surface area contributed by atoms with Crippen molar-refractivity contribution in [1.29, 1.82) is 0 Å². The highest BCUT2D eigenvalue weighted by Gasteiger charge is 2.40. The maximum atomic E-state index is 12.7. The van der Waals surface area contributed by atoms with Gasteiger partial charge in [0, 0.05) is 6.04 Å². The van der Waals surface area contributed by atoms with Crippen molar-refractivity contribution >= 4 is 17.7 Å². The largest absolute Gasteiger partial charge is 0.323 e. The zero-order valence-electron chi connectivity index (χ0n) is 11.9. The Bertz CT molecular complexity index is 459. The van der Waals surface area contributed by atoms with E-state index in [1.165, 1.54) is 17.1 Å². The third-order valence-electron chi connectivity index (χ3n) is 4.28. The molecule has 3 rings (SSSR count). The molecule has 2 saturated heterocycles. The highest BCUT2D eigenvalue weighted by Crippen LogP contribution is 2.26. The van der Waals surface area contributed by atoms with Gasteiger partial charge in [0.2, 0.25) is 5.91 Å². The smallest absolute Gasteiger partial charge is 0.241 e. The molecule has 2 aliphatic rings. The van der Waals surface area contributed by atoms with E-state index in [4.69, 9.17) is 0 Å². The minimum Gasteiger partial charge on any atom is -0.323 e. The molecule has 1 N–H and O–H groups in total. The van der Waals surface area contributed by atoms with Gasteiger partial charge in [-0.05, 0) is 43.3 Å². The molecule has 3 nitrogen and oxygen atoms in total. The molecule has 4 heteroatoms. The van der Waals surface area contributed by atoms with Gasteiger partial charge in [0.15, 0.2) is 0 Å². The van der Waals surface area contributed by atoms with Crippen molar-refractivity contribution in [2.75, 3.05) is 11.5 Å². The maximum absolute atomic E-state index is 12.7. The van der Waals surface area contributed by atoms with Crippen molar-refractivity contribution in [3.8, 4) is 0 Å². The molecular weight excluding hydrogens is 268 g/mol. The Morgan fingerprint density at radius 2 is 1.95 bits per heavy atom. The average molecular weight is 290 g/mol. The average Bonchev–Trinajstić information content (AvgIpc) is 2.75. The van der Waals surface area contributed by atoms with E-state index >= 15 is 0 Å². The number of nitrogens with one attached hydrogen (secondary N) is 1. The van der Waals surface area contributed by atoms with Gasteiger partial charge in [-0.1, -0.05) is 30.3 Å². The molecule has 2 fully saturated rings. The van der Waals surface area contributed by atoms with E-state index in [2.05, 4.69) is 29.3 Å². The van der Waals surface area contributed by atoms with Crippen LogP contribution in [0.3, 0.4) is 0 Å². The van der Waals surface area contributed by atoms with Crippen molar-refractivity contribution < 1.29 is 4.79 Å². The van der Waals surface area contributed by atoms with Crippen molar-refractivity contribution in [3.05, 3.63) is 35.9 Å². The van der Waals surface area contributed by atoms with Gasteiger partial charge < -0.3 is 4.90 Å². The van der Waals surface area contributed by atoms with Crippen molar-refractivity contribution in [3.63, 3.8) is 0 Å². The van der Waals surface area contributed by atoms with Crippen LogP contribution in [0.2, 0.25) is 0 Å². The van der Waals surface area contributed by atoms with E-state index in [0.717, 1.165) is 19.3 Å². The Balaban J connectivity index is 1.68. The summed E-state index contributed by atoms with van der Waals surface area (Å²) in [6.07, 6.45) is 3.24. The fourth-order valence-electron chi connectivity index (χ4n) is 3.27. The first kappa shape index (κ1) is 14.0. The molecule has 1 amide bonds. The van der Waals surface area contributed by atoms with Crippen LogP contribution in [0.25, 0.3) is 0 Å². The lowest BCUT2D eigenvalue weighted by atomic mass is 10.0. The highest BCUT2D eigenvalue weighted by molar-refractivity contribution is 7.99. The number of nitrogens with zero attached hydrogens (tertiary/aromatic N) is 1. The van der Waals surface area contributed by atoms with Gasteiger partial charge in [-0.3, -0.25) is 10.1 Å². The van der Waals surface area contributed by atoms with Crippen LogP contribution in [0.4, 0.5) is 0 Å². The van der Waals surface area contributed by atoms with Crippen molar-refractivity contribution in [2.45, 2.75) is 44.4 Å². The normalized spacial score (nSPS) is 28.1. The Labute approximate surface area is 125 Å². The summed E-state index contributed by atoms with van der Waals surface area (Å²) < 4.78 is 0. The van der Waals surface area contributed by atoms with Crippen LogP contribution in [0, 0.1) is 0 Å². The summed E-state index contributed by atoms with van der Waals surface area (Å²) in [4.78, 5) is 14.8. The molecule has 0 bridgehead atoms. The second kappa shape index (κ2) is 6.19. The summed E-state index contributed by atoms with van der Waals surface area (Å²) in [5, 5.41) is 3.47. The fourth-order valence-corrected chi connectivity index (χ4v) is 4.35. The van der Waals surface area contributed by atoms with E-state index in [9.17, 15) is 4.79 Å². The molecule has 0 radical (unpaired) electrons. The first-order valence-corrected chi connectivity index (χ1v) is 8.61. The number of hydrogen-bond donors (Lipinski definition) is 1. The lowest BCUT2D eigenvalue weighted by Gasteiger charge is -2.33. The molecule has 1 aromatic carbocycles. The summed E-state index contributed by atoms with van der Waals surface area (Å²) in [7, 11) is 0. The Morgan fingerprint density at radius 1 is 1.25 bits per heavy atom. The van der Waals surface area contributed by atoms with Crippen LogP contribution >= 0.6 is 11.8 Å². The van der Waals surface area contributed by atoms with E-state index < -0.39 is 0 Å². The lowest BCUT2D eigenvalue weighted by Crippen LogP contribution is -2.44. The van der Waals surface area contributed by atoms with Crippen molar-refractivity contribution in [1.82, 2.24) is 10.2 Å². The third-order valence-corrected chi connectivity index (χ3v) is 5.33. The number of rotatable bonds is 3. The number of hydrogen-bond acceptors (Lipinski definition) is 3. The number of benzene rings is 1. The van der Waals surface area contributed by atoms with Crippen LogP contribution in [-0.2, 0) is 11.2 Å². The zero-order chi connectivity index (χ0) is 13.9. The Kier molecular flexibility index (Phi) is 4.32. The second-order valence-electron chi connectivity index (χ2n) is 5.67. The first-order chi connectivity index (χ1) is 9.75. The van der Waals surface area contributed by atoms with E-state index in [1.807, 2.05) is 30.0 Å². The predicted octanol–water partition coefficient (Wildman–Crippen LogP) is 2.27. The summed E-state index contributed by atoms with van der Waals surface area (Å²) in [5.74, 6) is 2.66. The quantitative estimate of drug-likeness (QED) is 0.927. The molecule has 2 unspecified atom stereocenters. The van der Waals surface area contributed by atoms with Gasteiger partial charge in [-0.25, -0.2) is 0 Å². The van der Waals surface area contributed by atoms with Crippen LogP contribution in [-0.4, -0.2) is 40.6 Å². The van der Waals surface area contributed by atoms with E-state index in [0.29, 0.717) is 11.9 Å². The first-order valence-electron chi connectivity index (χ1n) is 7.45. The molecule has 2 aliphatic heterocycles. The molecule has 0 spiro atoms. The number of amides is 1. The van der Waals surface area contributed by atoms with E-state index in [1.54, 1.807) is 0 Å². The zero-order valence-corrected chi connectivity index (χ0v) is 12.7. The van der Waals surface area contributed by atoms with E-state index in [-0.39, 0.29) is 12.2 Å². The van der Waals surface area contributed by atoms with Gasteiger partial charge in [-0.15, -0.1) is 0 Å². The number of carbonyl (C=O) groups is 1. The third kappa shape index (κ3) is 2.86. The van der Waals surface area contributed by atoms with Crippen LogP contribution in [0.15, 0.2) is 30.3 Å². The van der Waals surface area contributed by atoms with Gasteiger partial charge in [0.1, 0.15) is 0 Å². The SMILES string of the molecule is CC1NC(Cc2ccccc2)C(=O)N1C1CCSCC1. The fraction of sp³-hybridized carbons (Fsp3) is 0.562. The van der Waals surface area contributed by atoms with Crippen molar-refractivity contribution in [2.24, 2.45) is 0 Å². The second-order valence-corrected chi connectivity index (χ2v) is 6.90. The predicted molar refractivity (Wildman–Crippen MR) is 83.7 cm³/mol. The molecule has 0 aliphatic carbocycles. The Hall–Kier alpha value is -1.00. The minimum atomic E-state index is -0.0537. The molecule has 1 aromatic rings. The number of carbonyl (C=O) groups excluding carboxylic acids is 1. The van der Waals surface area contributed by atoms with Crippen LogP contribution < -0.4 is 5.32 Å². The highest BCUT2D eigenvalue weighted by atomic mass is 32.2. The topological polar surface area (TPSA) is 32.3 Å². The standard InChI is InChI=1S/C16H22N2OS/c1-12-17-15(11-13-5-3-2-4-6-13)16(19)18(12)14-7-9-20-10-8-14/h2-6,12,14-15,17H,7-11H2,1H3. The molecule has 20 heavy (non-hydrogen) atoms. The van der Waals surface area contributed by atoms with Gasteiger partial charge >= 0.3 is 0 Å². The monoisotopic (exact) mass is 290 g/mol. The molecule has 108 valence electrons. The van der Waals surface area contributed by atoms with Gasteiger partial charge in [-0.2, -0.15) is 11.8 Å². The molecule has 2 atom stereocenters. The van der Waals surface area contributed by atoms with Crippen LogP contribution in [0.1, 0.15) is 25.3 Å². The summed E-state index contributed by atoms with van der Waals surface area (Å²) in [5.41, 5.74) is 1.23. The van der Waals surface area contributed by atoms with Gasteiger partial charge in [0.05, 0.1) is 12.2 Å². The molecule has 0 aromatic heterocycles. The summed E-state index contributed by atoms with van der Waals surface area (Å²) >= 11 is 2.00. The Morgan fingerprint density at radius 3 is 2.65 bits per heavy atom. The molecule has 2 heterocycles. The maximum Gasteiger partial charge on any atom is 0.241 e. The number of thioether (sulfide) groups is 1. The minimum absolute atomic E-state index is 0.0537. The van der Waals surface area contributed by atoms with Gasteiger partial charge in [0.25, 0.3) is 0 Å². The lowest BCUT2D eigenvalue weighted by molar-refractivity contribution is -0.132. The van der Waals surface area contributed by atoms with Crippen LogP contribution in [0.5, 0.6) is 0 Å².